The number of aryl methyl sites for hydroxylation is 2. The Bertz CT molecular complexity index is 815. The molecule has 0 unspecified atom stereocenters. The fraction of sp³-hybridized carbons (Fsp3) is 0.333. The van der Waals surface area contributed by atoms with Gasteiger partial charge in [0.05, 0.1) is 6.61 Å². The third-order valence-electron chi connectivity index (χ3n) is 4.74. The van der Waals surface area contributed by atoms with Gasteiger partial charge < -0.3 is 15.0 Å². The van der Waals surface area contributed by atoms with Crippen molar-refractivity contribution in [2.24, 2.45) is 0 Å². The van der Waals surface area contributed by atoms with Gasteiger partial charge in [-0.3, -0.25) is 9.59 Å². The van der Waals surface area contributed by atoms with Gasteiger partial charge in [0.25, 0.3) is 5.91 Å². The minimum absolute atomic E-state index is 0.0625. The first kappa shape index (κ1) is 18.0. The van der Waals surface area contributed by atoms with Crippen LogP contribution in [0.1, 0.15) is 34.8 Å². The van der Waals surface area contributed by atoms with Crippen molar-refractivity contribution in [3.63, 3.8) is 0 Å². The predicted octanol–water partition coefficient (Wildman–Crippen LogP) is 3.24. The minimum atomic E-state index is -0.490. The average molecular weight is 352 g/mol. The molecular weight excluding hydrogens is 328 g/mol. The van der Waals surface area contributed by atoms with Gasteiger partial charge in [0, 0.05) is 17.8 Å². The second-order valence-corrected chi connectivity index (χ2v) is 6.53. The molecule has 1 atom stereocenters. The Morgan fingerprint density at radius 1 is 1.15 bits per heavy atom. The summed E-state index contributed by atoms with van der Waals surface area (Å²) in [4.78, 5) is 26.9. The molecule has 5 heteroatoms. The van der Waals surface area contributed by atoms with E-state index in [0.717, 1.165) is 17.0 Å². The molecule has 0 radical (unpaired) electrons. The summed E-state index contributed by atoms with van der Waals surface area (Å²) in [6, 6.07) is 12.4. The van der Waals surface area contributed by atoms with Gasteiger partial charge in [-0.05, 0) is 74.7 Å². The molecule has 1 heterocycles. The van der Waals surface area contributed by atoms with Crippen molar-refractivity contribution in [2.75, 3.05) is 18.1 Å². The highest BCUT2D eigenvalue weighted by molar-refractivity contribution is 6.04. The lowest BCUT2D eigenvalue weighted by atomic mass is 10.1. The van der Waals surface area contributed by atoms with E-state index >= 15 is 0 Å². The Morgan fingerprint density at radius 3 is 2.54 bits per heavy atom. The zero-order valence-electron chi connectivity index (χ0n) is 15.4. The molecule has 2 aromatic carbocycles. The SMILES string of the molecule is CCOc1ccc(C(=O)N[C@@H]2CCN(c3ccc(C)c(C)c3)C2=O)cc1. The lowest BCUT2D eigenvalue weighted by Gasteiger charge is -2.18. The maximum absolute atomic E-state index is 12.7. The standard InChI is InChI=1S/C21H24N2O3/c1-4-26-18-9-6-16(7-10-18)20(24)22-19-11-12-23(21(19)25)17-8-5-14(2)15(3)13-17/h5-10,13,19H,4,11-12H2,1-3H3,(H,22,24)/t19-/m1/s1. The molecule has 0 aliphatic carbocycles. The second kappa shape index (κ2) is 7.60. The summed E-state index contributed by atoms with van der Waals surface area (Å²) >= 11 is 0. The summed E-state index contributed by atoms with van der Waals surface area (Å²) in [7, 11) is 0. The van der Waals surface area contributed by atoms with Crippen LogP contribution in [0.25, 0.3) is 0 Å². The summed E-state index contributed by atoms with van der Waals surface area (Å²) in [6.07, 6.45) is 0.606. The van der Waals surface area contributed by atoms with E-state index in [1.807, 2.05) is 39.0 Å². The van der Waals surface area contributed by atoms with Crippen LogP contribution in [-0.2, 0) is 4.79 Å². The molecule has 2 amide bonds. The Hall–Kier alpha value is -2.82. The van der Waals surface area contributed by atoms with Gasteiger partial charge in [0.1, 0.15) is 11.8 Å². The van der Waals surface area contributed by atoms with Crippen LogP contribution < -0.4 is 15.0 Å². The third kappa shape index (κ3) is 3.72. The fourth-order valence-electron chi connectivity index (χ4n) is 3.07. The van der Waals surface area contributed by atoms with Gasteiger partial charge >= 0.3 is 0 Å². The number of hydrogen-bond donors (Lipinski definition) is 1. The lowest BCUT2D eigenvalue weighted by molar-refractivity contribution is -0.118. The third-order valence-corrected chi connectivity index (χ3v) is 4.74. The Labute approximate surface area is 154 Å². The molecule has 26 heavy (non-hydrogen) atoms. The molecule has 0 saturated carbocycles. The summed E-state index contributed by atoms with van der Waals surface area (Å²) in [5.74, 6) is 0.419. The van der Waals surface area contributed by atoms with Crippen LogP contribution in [0.15, 0.2) is 42.5 Å². The summed E-state index contributed by atoms with van der Waals surface area (Å²) in [5, 5.41) is 2.85. The highest BCUT2D eigenvalue weighted by Gasteiger charge is 2.33. The van der Waals surface area contributed by atoms with E-state index in [1.165, 1.54) is 5.56 Å². The summed E-state index contributed by atoms with van der Waals surface area (Å²) in [6.45, 7) is 7.18. The number of anilines is 1. The van der Waals surface area contributed by atoms with Crippen molar-refractivity contribution in [3.05, 3.63) is 59.2 Å². The Morgan fingerprint density at radius 2 is 1.88 bits per heavy atom. The van der Waals surface area contributed by atoms with Crippen molar-refractivity contribution >= 4 is 17.5 Å². The van der Waals surface area contributed by atoms with E-state index in [4.69, 9.17) is 4.74 Å². The van der Waals surface area contributed by atoms with E-state index in [-0.39, 0.29) is 11.8 Å². The van der Waals surface area contributed by atoms with Gasteiger partial charge in [-0.1, -0.05) is 6.07 Å². The molecule has 0 spiro atoms. The number of carbonyl (C=O) groups is 2. The number of carbonyl (C=O) groups excluding carboxylic acids is 2. The van der Waals surface area contributed by atoms with Crippen LogP contribution in [0.2, 0.25) is 0 Å². The Kier molecular flexibility index (Phi) is 5.26. The van der Waals surface area contributed by atoms with Crippen LogP contribution in [0, 0.1) is 13.8 Å². The van der Waals surface area contributed by atoms with Gasteiger partial charge in [-0.25, -0.2) is 0 Å². The van der Waals surface area contributed by atoms with Crippen molar-refractivity contribution in [1.82, 2.24) is 5.32 Å². The molecule has 1 aliphatic heterocycles. The molecule has 5 nitrogen and oxygen atoms in total. The number of nitrogens with zero attached hydrogens (tertiary/aromatic N) is 1. The molecule has 1 saturated heterocycles. The number of benzene rings is 2. The highest BCUT2D eigenvalue weighted by Crippen LogP contribution is 2.24. The zero-order chi connectivity index (χ0) is 18.7. The predicted molar refractivity (Wildman–Crippen MR) is 102 cm³/mol. The van der Waals surface area contributed by atoms with Crippen LogP contribution in [0.3, 0.4) is 0 Å². The van der Waals surface area contributed by atoms with Gasteiger partial charge in [0.15, 0.2) is 0 Å². The summed E-state index contributed by atoms with van der Waals surface area (Å²) in [5.41, 5.74) is 3.75. The first-order chi connectivity index (χ1) is 12.5. The van der Waals surface area contributed by atoms with Crippen LogP contribution in [0.4, 0.5) is 5.69 Å². The molecule has 0 bridgehead atoms. The monoisotopic (exact) mass is 352 g/mol. The van der Waals surface area contributed by atoms with Gasteiger partial charge in [-0.2, -0.15) is 0 Å². The largest absolute Gasteiger partial charge is 0.494 e. The number of ether oxygens (including phenoxy) is 1. The first-order valence-corrected chi connectivity index (χ1v) is 8.92. The minimum Gasteiger partial charge on any atom is -0.494 e. The van der Waals surface area contributed by atoms with E-state index in [9.17, 15) is 9.59 Å². The molecule has 136 valence electrons. The second-order valence-electron chi connectivity index (χ2n) is 6.53. The number of amides is 2. The lowest BCUT2D eigenvalue weighted by Crippen LogP contribution is -2.41. The maximum Gasteiger partial charge on any atom is 0.251 e. The molecule has 2 aromatic rings. The van der Waals surface area contributed by atoms with Crippen molar-refractivity contribution in [2.45, 2.75) is 33.2 Å². The number of rotatable bonds is 5. The van der Waals surface area contributed by atoms with E-state index in [1.54, 1.807) is 29.2 Å². The van der Waals surface area contributed by atoms with Crippen LogP contribution >= 0.6 is 0 Å². The molecule has 1 fully saturated rings. The van der Waals surface area contributed by atoms with Crippen molar-refractivity contribution < 1.29 is 14.3 Å². The smallest absolute Gasteiger partial charge is 0.251 e. The van der Waals surface area contributed by atoms with E-state index < -0.39 is 6.04 Å². The van der Waals surface area contributed by atoms with Crippen molar-refractivity contribution in [1.29, 1.82) is 0 Å². The quantitative estimate of drug-likeness (QED) is 0.899. The summed E-state index contributed by atoms with van der Waals surface area (Å²) < 4.78 is 5.38. The normalized spacial score (nSPS) is 16.7. The molecular formula is C21H24N2O3. The van der Waals surface area contributed by atoms with Crippen molar-refractivity contribution in [3.8, 4) is 5.75 Å². The zero-order valence-corrected chi connectivity index (χ0v) is 15.4. The first-order valence-electron chi connectivity index (χ1n) is 8.92. The number of nitrogens with one attached hydrogen (secondary N) is 1. The van der Waals surface area contributed by atoms with E-state index in [2.05, 4.69) is 5.32 Å². The average Bonchev–Trinajstić information content (AvgIpc) is 2.99. The Balaban J connectivity index is 1.66. The van der Waals surface area contributed by atoms with E-state index in [0.29, 0.717) is 25.1 Å². The van der Waals surface area contributed by atoms with Gasteiger partial charge in [0.2, 0.25) is 5.91 Å². The number of hydrogen-bond acceptors (Lipinski definition) is 3. The molecule has 0 aromatic heterocycles. The highest BCUT2D eigenvalue weighted by atomic mass is 16.5. The molecule has 3 rings (SSSR count). The van der Waals surface area contributed by atoms with Crippen LogP contribution in [-0.4, -0.2) is 31.0 Å². The molecule has 1 N–H and O–H groups in total. The fourth-order valence-corrected chi connectivity index (χ4v) is 3.07. The maximum atomic E-state index is 12.7. The topological polar surface area (TPSA) is 58.6 Å². The molecule has 1 aliphatic rings. The van der Waals surface area contributed by atoms with Gasteiger partial charge in [-0.15, -0.1) is 0 Å². The van der Waals surface area contributed by atoms with Crippen LogP contribution in [0.5, 0.6) is 5.75 Å².